The number of nitrogens with one attached hydrogen (secondary N) is 1. The number of nitrogens with zero attached hydrogens (tertiary/aromatic N) is 3. The molecule has 0 bridgehead atoms. The molecule has 0 aromatic rings. The van der Waals surface area contributed by atoms with Crippen molar-refractivity contribution in [3.05, 3.63) is 0 Å². The van der Waals surface area contributed by atoms with Crippen LogP contribution in [0.1, 0.15) is 19.3 Å². The summed E-state index contributed by atoms with van der Waals surface area (Å²) in [5.41, 5.74) is 2.49. The molecule has 0 aromatic heterocycles. The second-order valence-electron chi connectivity index (χ2n) is 3.15. The molecule has 2 aliphatic rings. The maximum atomic E-state index is 11.1. The molecule has 0 spiro atoms. The van der Waals surface area contributed by atoms with Crippen molar-refractivity contribution >= 4 is 6.09 Å². The molecule has 1 aliphatic carbocycles. The number of hydrazine groups is 1. The SMILES string of the molecule is O=C(NN1CCN=N1)OC1CCC1. The van der Waals surface area contributed by atoms with Gasteiger partial charge in [0, 0.05) is 0 Å². The van der Waals surface area contributed by atoms with Gasteiger partial charge < -0.3 is 4.74 Å². The third-order valence-corrected chi connectivity index (χ3v) is 2.13. The first-order valence-electron chi connectivity index (χ1n) is 4.47. The minimum absolute atomic E-state index is 0.111. The van der Waals surface area contributed by atoms with Crippen molar-refractivity contribution in [1.29, 1.82) is 0 Å². The fourth-order valence-electron chi connectivity index (χ4n) is 1.16. The van der Waals surface area contributed by atoms with Gasteiger partial charge in [-0.25, -0.2) is 10.2 Å². The van der Waals surface area contributed by atoms with Crippen LogP contribution in [0.5, 0.6) is 0 Å². The lowest BCUT2D eigenvalue weighted by atomic mass is 9.96. The zero-order valence-corrected chi connectivity index (χ0v) is 7.27. The molecule has 0 unspecified atom stereocenters. The number of carbonyl (C=O) groups is 1. The van der Waals surface area contributed by atoms with Gasteiger partial charge in [-0.1, -0.05) is 5.22 Å². The van der Waals surface area contributed by atoms with Crippen molar-refractivity contribution in [2.45, 2.75) is 25.4 Å². The Morgan fingerprint density at radius 2 is 2.38 bits per heavy atom. The molecule has 72 valence electrons. The zero-order chi connectivity index (χ0) is 9.10. The first-order valence-corrected chi connectivity index (χ1v) is 4.47. The molecule has 13 heavy (non-hydrogen) atoms. The first kappa shape index (κ1) is 8.28. The highest BCUT2D eigenvalue weighted by Gasteiger charge is 2.22. The van der Waals surface area contributed by atoms with E-state index in [-0.39, 0.29) is 6.10 Å². The van der Waals surface area contributed by atoms with E-state index in [9.17, 15) is 4.79 Å². The van der Waals surface area contributed by atoms with Crippen molar-refractivity contribution in [2.24, 2.45) is 10.3 Å². The molecule has 1 amide bonds. The van der Waals surface area contributed by atoms with Gasteiger partial charge in [0.15, 0.2) is 0 Å². The Morgan fingerprint density at radius 3 is 2.92 bits per heavy atom. The molecular weight excluding hydrogens is 172 g/mol. The Balaban J connectivity index is 1.68. The highest BCUT2D eigenvalue weighted by Crippen LogP contribution is 2.21. The molecule has 0 radical (unpaired) electrons. The third-order valence-electron chi connectivity index (χ3n) is 2.13. The molecule has 6 heteroatoms. The van der Waals surface area contributed by atoms with Crippen LogP contribution >= 0.6 is 0 Å². The minimum atomic E-state index is -0.425. The van der Waals surface area contributed by atoms with Crippen LogP contribution in [0.3, 0.4) is 0 Å². The Bertz CT molecular complexity index is 227. The van der Waals surface area contributed by atoms with E-state index in [1.54, 1.807) is 0 Å². The van der Waals surface area contributed by atoms with Crippen LogP contribution in [-0.2, 0) is 4.74 Å². The van der Waals surface area contributed by atoms with Gasteiger partial charge in [0.05, 0.1) is 13.1 Å². The maximum absolute atomic E-state index is 11.1. The largest absolute Gasteiger partial charge is 0.445 e. The molecule has 0 saturated heterocycles. The molecule has 1 N–H and O–H groups in total. The summed E-state index contributed by atoms with van der Waals surface area (Å²) in [5, 5.41) is 8.77. The van der Waals surface area contributed by atoms with Crippen molar-refractivity contribution in [2.75, 3.05) is 13.1 Å². The van der Waals surface area contributed by atoms with Crippen molar-refractivity contribution < 1.29 is 9.53 Å². The summed E-state index contributed by atoms with van der Waals surface area (Å²) >= 11 is 0. The summed E-state index contributed by atoms with van der Waals surface area (Å²) in [6, 6.07) is 0. The van der Waals surface area contributed by atoms with Gasteiger partial charge in [-0.15, -0.1) is 0 Å². The minimum Gasteiger partial charge on any atom is -0.445 e. The molecule has 0 aromatic carbocycles. The van der Waals surface area contributed by atoms with Crippen LogP contribution in [-0.4, -0.2) is 30.4 Å². The number of carbonyl (C=O) groups excluding carboxylic acids is 1. The van der Waals surface area contributed by atoms with Crippen LogP contribution in [0, 0.1) is 0 Å². The summed E-state index contributed by atoms with van der Waals surface area (Å²) < 4.78 is 5.05. The highest BCUT2D eigenvalue weighted by atomic mass is 16.6. The first-order chi connectivity index (χ1) is 6.34. The smallest absolute Gasteiger partial charge is 0.427 e. The second kappa shape index (κ2) is 3.59. The third kappa shape index (κ3) is 2.07. The standard InChI is InChI=1S/C7H12N4O2/c12-7(13-6-2-1-3-6)9-11-5-4-8-10-11/h6H,1-5H2,(H,9,12). The number of amides is 1. The van der Waals surface area contributed by atoms with Gasteiger partial charge >= 0.3 is 6.09 Å². The van der Waals surface area contributed by atoms with Gasteiger partial charge in [-0.05, 0) is 19.3 Å². The number of rotatable bonds is 2. The lowest BCUT2D eigenvalue weighted by Gasteiger charge is -2.25. The van der Waals surface area contributed by atoms with Crippen LogP contribution < -0.4 is 5.43 Å². The van der Waals surface area contributed by atoms with Gasteiger partial charge in [0.25, 0.3) is 0 Å². The lowest BCUT2D eigenvalue weighted by Crippen LogP contribution is -2.40. The molecular formula is C7H12N4O2. The summed E-state index contributed by atoms with van der Waals surface area (Å²) in [6.45, 7) is 1.25. The second-order valence-corrected chi connectivity index (χ2v) is 3.15. The maximum Gasteiger partial charge on any atom is 0.427 e. The van der Waals surface area contributed by atoms with Crippen molar-refractivity contribution in [3.8, 4) is 0 Å². The van der Waals surface area contributed by atoms with Gasteiger partial charge in [-0.3, -0.25) is 0 Å². The number of ether oxygens (including phenoxy) is 1. The quantitative estimate of drug-likeness (QED) is 0.692. The normalized spacial score (nSPS) is 21.4. The number of hydrogen-bond acceptors (Lipinski definition) is 5. The fraction of sp³-hybridized carbons (Fsp3) is 0.857. The van der Waals surface area contributed by atoms with Gasteiger partial charge in [-0.2, -0.15) is 10.2 Å². The van der Waals surface area contributed by atoms with Crippen LogP contribution in [0.4, 0.5) is 4.79 Å². The van der Waals surface area contributed by atoms with E-state index >= 15 is 0 Å². The Hall–Kier alpha value is -1.33. The zero-order valence-electron chi connectivity index (χ0n) is 7.27. The van der Waals surface area contributed by atoms with E-state index in [4.69, 9.17) is 4.74 Å². The van der Waals surface area contributed by atoms with Gasteiger partial charge in [0.1, 0.15) is 6.10 Å². The number of hydrogen-bond donors (Lipinski definition) is 1. The van der Waals surface area contributed by atoms with E-state index in [0.717, 1.165) is 19.3 Å². The summed E-state index contributed by atoms with van der Waals surface area (Å²) in [4.78, 5) is 11.1. The van der Waals surface area contributed by atoms with E-state index in [1.807, 2.05) is 0 Å². The monoisotopic (exact) mass is 184 g/mol. The van der Waals surface area contributed by atoms with E-state index in [0.29, 0.717) is 13.1 Å². The summed E-state index contributed by atoms with van der Waals surface area (Å²) in [6.07, 6.45) is 2.80. The Morgan fingerprint density at radius 1 is 1.54 bits per heavy atom. The van der Waals surface area contributed by atoms with E-state index in [2.05, 4.69) is 15.8 Å². The van der Waals surface area contributed by atoms with Crippen LogP contribution in [0.2, 0.25) is 0 Å². The van der Waals surface area contributed by atoms with Crippen molar-refractivity contribution in [1.82, 2.24) is 10.5 Å². The average Bonchev–Trinajstić information content (AvgIpc) is 2.49. The molecule has 6 nitrogen and oxygen atoms in total. The molecule has 1 heterocycles. The fourth-order valence-corrected chi connectivity index (χ4v) is 1.16. The van der Waals surface area contributed by atoms with Crippen LogP contribution in [0.15, 0.2) is 10.3 Å². The molecule has 1 aliphatic heterocycles. The van der Waals surface area contributed by atoms with Gasteiger partial charge in [0.2, 0.25) is 0 Å². The molecule has 0 atom stereocenters. The average molecular weight is 184 g/mol. The summed E-state index contributed by atoms with van der Waals surface area (Å²) in [5.74, 6) is 0. The summed E-state index contributed by atoms with van der Waals surface area (Å²) in [7, 11) is 0. The Labute approximate surface area is 75.9 Å². The lowest BCUT2D eigenvalue weighted by molar-refractivity contribution is 0.0363. The topological polar surface area (TPSA) is 66.3 Å². The van der Waals surface area contributed by atoms with Crippen LogP contribution in [0.25, 0.3) is 0 Å². The molecule has 1 fully saturated rings. The molecule has 2 rings (SSSR count). The molecule has 1 saturated carbocycles. The predicted octanol–water partition coefficient (Wildman–Crippen LogP) is 0.863. The van der Waals surface area contributed by atoms with Crippen molar-refractivity contribution in [3.63, 3.8) is 0 Å². The highest BCUT2D eigenvalue weighted by molar-refractivity contribution is 5.66. The predicted molar refractivity (Wildman–Crippen MR) is 43.7 cm³/mol. The van der Waals surface area contributed by atoms with E-state index < -0.39 is 6.09 Å². The Kier molecular flexibility index (Phi) is 2.29. The van der Waals surface area contributed by atoms with E-state index in [1.165, 1.54) is 5.12 Å².